The van der Waals surface area contributed by atoms with Gasteiger partial charge in [-0.1, -0.05) is 0 Å². The van der Waals surface area contributed by atoms with E-state index in [1.54, 1.807) is 0 Å². The van der Waals surface area contributed by atoms with Gasteiger partial charge < -0.3 is 6.15 Å². The molecule has 0 heterocycles. The summed E-state index contributed by atoms with van der Waals surface area (Å²) in [6.45, 7) is 0. The minimum Gasteiger partial charge on any atom is -0.344 e. The van der Waals surface area contributed by atoms with Crippen molar-refractivity contribution < 1.29 is 87.6 Å². The highest BCUT2D eigenvalue weighted by Gasteiger charge is 2.97. The largest absolute Gasteiger partial charge is 0.460 e. The molecule has 0 aliphatic heterocycles. The van der Waals surface area contributed by atoms with E-state index in [0.29, 0.717) is 0 Å². The first-order valence-corrected chi connectivity index (χ1v) is 7.12. The molecule has 1 atom stereocenters. The van der Waals surface area contributed by atoms with Crippen molar-refractivity contribution in [1.29, 1.82) is 0 Å². The normalized spacial score (nSPS) is 17.9. The van der Waals surface area contributed by atoms with Gasteiger partial charge in [-0.3, -0.25) is 4.55 Å². The number of hydrogen-bond donors (Lipinski definition) is 2. The van der Waals surface area contributed by atoms with E-state index in [1.807, 2.05) is 0 Å². The van der Waals surface area contributed by atoms with Crippen LogP contribution in [0.1, 0.15) is 0 Å². The number of rotatable bonds is 6. The third-order valence-corrected chi connectivity index (χ3v) is 4.26. The lowest BCUT2D eigenvalue weighted by molar-refractivity contribution is -0.450. The Morgan fingerprint density at radius 3 is 0.867 bits per heavy atom. The zero-order chi connectivity index (χ0) is 24.5. The van der Waals surface area contributed by atoms with Crippen LogP contribution < -0.4 is 6.15 Å². The van der Waals surface area contributed by atoms with E-state index < -0.39 is 57.1 Å². The van der Waals surface area contributed by atoms with Crippen LogP contribution >= 0.6 is 0 Å². The molecule has 0 spiro atoms. The van der Waals surface area contributed by atoms with Crippen LogP contribution in [0.3, 0.4) is 0 Å². The predicted molar refractivity (Wildman–Crippen MR) is 57.3 cm³/mol. The standard InChI is InChI=1S/C8HF17O3S.H3N/c9-1(10,3(13,14)5(17,18)7(20,21)22)2(11,12)4(15,16)6(19,8(23,24)25)29(26,27)28;/h(H,26,27,28);1H3. The summed E-state index contributed by atoms with van der Waals surface area (Å²) in [5.74, 6) is -43.6. The van der Waals surface area contributed by atoms with Gasteiger partial charge in [-0.05, 0) is 0 Å². The van der Waals surface area contributed by atoms with Crippen molar-refractivity contribution >= 4 is 10.1 Å². The quantitative estimate of drug-likeness (QED) is 0.384. The summed E-state index contributed by atoms with van der Waals surface area (Å²) in [4.78, 5) is 0. The fraction of sp³-hybridized carbons (Fsp3) is 1.00. The van der Waals surface area contributed by atoms with Gasteiger partial charge in [0.1, 0.15) is 0 Å². The van der Waals surface area contributed by atoms with Gasteiger partial charge in [0.2, 0.25) is 0 Å². The molecule has 0 amide bonds. The van der Waals surface area contributed by atoms with E-state index in [-0.39, 0.29) is 6.15 Å². The van der Waals surface area contributed by atoms with E-state index in [4.69, 9.17) is 4.55 Å². The molecule has 0 saturated carbocycles. The van der Waals surface area contributed by atoms with Crippen molar-refractivity contribution in [2.24, 2.45) is 0 Å². The average Bonchev–Trinajstić information content (AvgIpc) is 2.41. The molecule has 0 aromatic carbocycles. The lowest BCUT2D eigenvalue weighted by Gasteiger charge is -2.42. The molecule has 0 bridgehead atoms. The third kappa shape index (κ3) is 3.52. The highest BCUT2D eigenvalue weighted by atomic mass is 32.2. The van der Waals surface area contributed by atoms with Crippen molar-refractivity contribution in [1.82, 2.24) is 6.15 Å². The lowest BCUT2D eigenvalue weighted by Crippen LogP contribution is -2.76. The predicted octanol–water partition coefficient (Wildman–Crippen LogP) is 5.00. The Balaban J connectivity index is 0. The Kier molecular flexibility index (Phi) is 7.31. The van der Waals surface area contributed by atoms with Crippen LogP contribution in [-0.4, -0.2) is 59.9 Å². The molecule has 184 valence electrons. The smallest absolute Gasteiger partial charge is 0.344 e. The summed E-state index contributed by atoms with van der Waals surface area (Å²) in [6.07, 6.45) is -15.9. The zero-order valence-electron chi connectivity index (χ0n) is 12.8. The van der Waals surface area contributed by atoms with E-state index >= 15 is 0 Å². The van der Waals surface area contributed by atoms with Crippen molar-refractivity contribution in [3.63, 3.8) is 0 Å². The molecular formula is C8H4F17NO3S. The van der Waals surface area contributed by atoms with Crippen molar-refractivity contribution in [3.05, 3.63) is 0 Å². The molecule has 0 fully saturated rings. The van der Waals surface area contributed by atoms with Gasteiger partial charge >= 0.3 is 57.1 Å². The maximum atomic E-state index is 13.3. The molecule has 0 rings (SSSR count). The Labute approximate surface area is 152 Å². The molecular weight excluding hydrogens is 513 g/mol. The molecule has 22 heteroatoms. The van der Waals surface area contributed by atoms with Gasteiger partial charge in [0.25, 0.3) is 0 Å². The lowest BCUT2D eigenvalue weighted by atomic mass is 9.91. The molecule has 0 aliphatic carbocycles. The molecule has 4 N–H and O–H groups in total. The molecule has 30 heavy (non-hydrogen) atoms. The SMILES string of the molecule is N.O=S(=O)(O)C(F)(C(F)(F)F)C(F)(F)C(F)(F)C(F)(F)C(F)(F)C(F)(F)C(F)(F)F. The average molecular weight is 517 g/mol. The molecule has 4 nitrogen and oxygen atoms in total. The van der Waals surface area contributed by atoms with Crippen LogP contribution in [0.4, 0.5) is 74.6 Å². The summed E-state index contributed by atoms with van der Waals surface area (Å²) < 4.78 is 243. The molecule has 0 aromatic heterocycles. The summed E-state index contributed by atoms with van der Waals surface area (Å²) >= 11 is 0. The van der Waals surface area contributed by atoms with Crippen LogP contribution in [0.15, 0.2) is 0 Å². The second-order valence-corrected chi connectivity index (χ2v) is 6.45. The Morgan fingerprint density at radius 1 is 0.433 bits per heavy atom. The molecule has 0 radical (unpaired) electrons. The molecule has 0 aliphatic rings. The highest BCUT2D eigenvalue weighted by Crippen LogP contribution is 2.64. The van der Waals surface area contributed by atoms with E-state index in [0.717, 1.165) is 0 Å². The minimum absolute atomic E-state index is 0. The fourth-order valence-corrected chi connectivity index (χ4v) is 2.20. The van der Waals surface area contributed by atoms with Gasteiger partial charge in [-0.2, -0.15) is 78.7 Å². The third-order valence-electron chi connectivity index (χ3n) is 3.06. The monoisotopic (exact) mass is 517 g/mol. The second-order valence-electron chi connectivity index (χ2n) is 4.94. The minimum atomic E-state index is -8.93. The summed E-state index contributed by atoms with van der Waals surface area (Å²) in [7, 11) is -8.34. The van der Waals surface area contributed by atoms with Crippen molar-refractivity contribution in [3.8, 4) is 0 Å². The zero-order valence-corrected chi connectivity index (χ0v) is 13.6. The molecule has 1 unspecified atom stereocenters. The van der Waals surface area contributed by atoms with Gasteiger partial charge in [0.15, 0.2) is 0 Å². The van der Waals surface area contributed by atoms with Crippen LogP contribution in [-0.2, 0) is 10.1 Å². The van der Waals surface area contributed by atoms with Gasteiger partial charge in [0.05, 0.1) is 0 Å². The second kappa shape index (κ2) is 7.10. The van der Waals surface area contributed by atoms with E-state index in [9.17, 15) is 83.1 Å². The van der Waals surface area contributed by atoms with Gasteiger partial charge in [0, 0.05) is 0 Å². The first-order valence-electron chi connectivity index (χ1n) is 5.68. The van der Waals surface area contributed by atoms with Gasteiger partial charge in [-0.25, -0.2) is 4.39 Å². The van der Waals surface area contributed by atoms with Crippen molar-refractivity contribution in [2.45, 2.75) is 47.0 Å². The summed E-state index contributed by atoms with van der Waals surface area (Å²) in [5, 5.41) is -8.26. The Morgan fingerprint density at radius 2 is 0.667 bits per heavy atom. The van der Waals surface area contributed by atoms with E-state index in [1.165, 1.54) is 0 Å². The highest BCUT2D eigenvalue weighted by molar-refractivity contribution is 7.87. The summed E-state index contributed by atoms with van der Waals surface area (Å²) in [5.41, 5.74) is 0. The molecule has 0 saturated heterocycles. The van der Waals surface area contributed by atoms with Gasteiger partial charge in [-0.15, -0.1) is 0 Å². The first kappa shape index (κ1) is 30.9. The van der Waals surface area contributed by atoms with Crippen molar-refractivity contribution in [2.75, 3.05) is 0 Å². The Hall–Kier alpha value is -1.32. The maximum Gasteiger partial charge on any atom is 0.460 e. The van der Waals surface area contributed by atoms with E-state index in [2.05, 4.69) is 0 Å². The fourth-order valence-electron chi connectivity index (χ4n) is 1.46. The van der Waals surface area contributed by atoms with Crippen LogP contribution in [0.2, 0.25) is 0 Å². The number of hydrogen-bond acceptors (Lipinski definition) is 3. The molecule has 0 aromatic rings. The van der Waals surface area contributed by atoms with Crippen LogP contribution in [0.25, 0.3) is 0 Å². The maximum absolute atomic E-state index is 13.3. The number of halogens is 17. The number of alkyl halides is 17. The topological polar surface area (TPSA) is 89.4 Å². The Bertz CT molecular complexity index is 737. The summed E-state index contributed by atoms with van der Waals surface area (Å²) in [6, 6.07) is 0. The first-order chi connectivity index (χ1) is 12.0. The van der Waals surface area contributed by atoms with Crippen LogP contribution in [0.5, 0.6) is 0 Å². The van der Waals surface area contributed by atoms with Crippen LogP contribution in [0, 0.1) is 0 Å².